The number of piperazine rings is 1. The molecule has 10 nitrogen and oxygen atoms in total. The first-order valence-electron chi connectivity index (χ1n) is 13.5. The number of pyridine rings is 1. The molecule has 5 aromatic rings. The van der Waals surface area contributed by atoms with Crippen LogP contribution in [0.3, 0.4) is 0 Å². The number of amides is 1. The van der Waals surface area contributed by atoms with E-state index < -0.39 is 12.4 Å². The third-order valence-electron chi connectivity index (χ3n) is 7.45. The molecule has 1 N–H and O–H groups in total. The van der Waals surface area contributed by atoms with Crippen LogP contribution in [0.5, 0.6) is 11.5 Å². The highest BCUT2D eigenvalue weighted by Crippen LogP contribution is 2.34. The number of nitrogens with one attached hydrogen (secondary N) is 1. The Morgan fingerprint density at radius 2 is 1.95 bits per heavy atom. The Hall–Kier alpha value is -5.20. The lowest BCUT2D eigenvalue weighted by atomic mass is 10.1. The van der Waals surface area contributed by atoms with E-state index >= 15 is 4.39 Å². The molecule has 1 aliphatic heterocycles. The summed E-state index contributed by atoms with van der Waals surface area (Å²) < 4.78 is 48.5. The number of fused-ring (bicyclic) bond motifs is 2. The van der Waals surface area contributed by atoms with Gasteiger partial charge in [0.05, 0.1) is 22.2 Å². The molecule has 0 spiro atoms. The zero-order chi connectivity index (χ0) is 30.2. The zero-order valence-electron chi connectivity index (χ0n) is 23.3. The molecule has 3 aromatic heterocycles. The van der Waals surface area contributed by atoms with Crippen molar-refractivity contribution in [1.29, 1.82) is 0 Å². The number of carbonyl (C=O) groups is 1. The summed E-state index contributed by atoms with van der Waals surface area (Å²) in [5.41, 5.74) is 2.03. The summed E-state index contributed by atoms with van der Waals surface area (Å²) in [6.07, 6.45) is 3.76. The largest absolute Gasteiger partial charge is 0.457 e. The van der Waals surface area contributed by atoms with Gasteiger partial charge in [-0.3, -0.25) is 9.36 Å². The van der Waals surface area contributed by atoms with Gasteiger partial charge in [0.1, 0.15) is 35.5 Å². The topological polar surface area (TPSA) is 101 Å². The van der Waals surface area contributed by atoms with Crippen molar-refractivity contribution in [2.24, 2.45) is 0 Å². The number of anilines is 3. The highest BCUT2D eigenvalue weighted by atomic mass is 19.3. The molecule has 1 aliphatic rings. The summed E-state index contributed by atoms with van der Waals surface area (Å²) in [7, 11) is 0. The van der Waals surface area contributed by atoms with Crippen LogP contribution in [0.1, 0.15) is 19.0 Å². The van der Waals surface area contributed by atoms with Crippen molar-refractivity contribution >= 4 is 45.3 Å². The summed E-state index contributed by atoms with van der Waals surface area (Å²) >= 11 is 0. The van der Waals surface area contributed by atoms with Crippen molar-refractivity contribution < 1.29 is 22.7 Å². The van der Waals surface area contributed by atoms with Crippen molar-refractivity contribution in [3.8, 4) is 11.5 Å². The fourth-order valence-electron chi connectivity index (χ4n) is 5.17. The number of ether oxygens (including phenoxy) is 1. The van der Waals surface area contributed by atoms with Gasteiger partial charge in [-0.2, -0.15) is 8.78 Å². The molecular formula is C30H27F3N8O2. The quantitative estimate of drug-likeness (QED) is 0.232. The van der Waals surface area contributed by atoms with Gasteiger partial charge in [-0.15, -0.1) is 0 Å². The molecular weight excluding hydrogens is 561 g/mol. The second-order valence-corrected chi connectivity index (χ2v) is 10.1. The van der Waals surface area contributed by atoms with E-state index in [1.54, 1.807) is 17.9 Å². The van der Waals surface area contributed by atoms with Gasteiger partial charge in [0.15, 0.2) is 11.6 Å². The highest BCUT2D eigenvalue weighted by molar-refractivity contribution is 5.89. The summed E-state index contributed by atoms with van der Waals surface area (Å²) in [6.45, 7) is 6.13. The van der Waals surface area contributed by atoms with E-state index in [0.717, 1.165) is 10.9 Å². The Labute approximate surface area is 244 Å². The van der Waals surface area contributed by atoms with Crippen LogP contribution in [0.2, 0.25) is 0 Å². The second-order valence-electron chi connectivity index (χ2n) is 10.1. The molecule has 1 saturated heterocycles. The molecule has 1 fully saturated rings. The van der Waals surface area contributed by atoms with Crippen molar-refractivity contribution in [2.45, 2.75) is 26.4 Å². The number of alkyl halides is 2. The monoisotopic (exact) mass is 588 g/mol. The maximum atomic E-state index is 15.6. The first-order valence-corrected chi connectivity index (χ1v) is 13.5. The third kappa shape index (κ3) is 5.29. The molecule has 0 bridgehead atoms. The summed E-state index contributed by atoms with van der Waals surface area (Å²) in [6, 6.07) is 11.3. The van der Waals surface area contributed by atoms with Crippen molar-refractivity contribution in [1.82, 2.24) is 29.4 Å². The molecule has 1 amide bonds. The van der Waals surface area contributed by atoms with Crippen LogP contribution in [0.15, 0.2) is 67.8 Å². The Morgan fingerprint density at radius 1 is 1.12 bits per heavy atom. The molecule has 2 aromatic carbocycles. The van der Waals surface area contributed by atoms with E-state index in [4.69, 9.17) is 9.72 Å². The minimum Gasteiger partial charge on any atom is -0.457 e. The fourth-order valence-corrected chi connectivity index (χ4v) is 5.17. The van der Waals surface area contributed by atoms with Crippen LogP contribution in [0, 0.1) is 12.7 Å². The third-order valence-corrected chi connectivity index (χ3v) is 7.45. The van der Waals surface area contributed by atoms with Gasteiger partial charge in [0, 0.05) is 37.3 Å². The fraction of sp³-hybridized carbons (Fsp3) is 0.233. The van der Waals surface area contributed by atoms with E-state index in [9.17, 15) is 13.6 Å². The Morgan fingerprint density at radius 3 is 2.72 bits per heavy atom. The van der Waals surface area contributed by atoms with Crippen LogP contribution < -0.4 is 15.0 Å². The molecule has 0 radical (unpaired) electrons. The SMILES string of the molecule is C=CC(=O)N1CCN(c2ccc3ncnc(Nc4ccc(Oc5ccc6c(c5)ncn6C(F)F)c(C)c4F)c3n2)C[C@H]1C. The number of hydrogen-bond acceptors (Lipinski definition) is 8. The summed E-state index contributed by atoms with van der Waals surface area (Å²) in [5.74, 6) is 0.950. The number of carbonyl (C=O) groups excluding carboxylic acids is 1. The number of hydrogen-bond donors (Lipinski definition) is 1. The van der Waals surface area contributed by atoms with E-state index in [2.05, 4.69) is 31.7 Å². The normalized spacial score (nSPS) is 15.3. The Kier molecular flexibility index (Phi) is 7.30. The Bertz CT molecular complexity index is 1860. The lowest BCUT2D eigenvalue weighted by Crippen LogP contribution is -2.53. The molecule has 43 heavy (non-hydrogen) atoms. The average molecular weight is 589 g/mol. The molecule has 6 rings (SSSR count). The lowest BCUT2D eigenvalue weighted by molar-refractivity contribution is -0.128. The molecule has 4 heterocycles. The van der Waals surface area contributed by atoms with Crippen molar-refractivity contribution in [2.75, 3.05) is 29.9 Å². The number of halogens is 3. The van der Waals surface area contributed by atoms with Crippen LogP contribution >= 0.6 is 0 Å². The number of imidazole rings is 1. The van der Waals surface area contributed by atoms with E-state index in [1.807, 2.05) is 19.1 Å². The molecule has 0 unspecified atom stereocenters. The average Bonchev–Trinajstić information content (AvgIpc) is 3.44. The van der Waals surface area contributed by atoms with Crippen LogP contribution in [-0.4, -0.2) is 61.0 Å². The number of nitrogens with zero attached hydrogens (tertiary/aromatic N) is 7. The highest BCUT2D eigenvalue weighted by Gasteiger charge is 2.27. The van der Waals surface area contributed by atoms with E-state index in [0.29, 0.717) is 53.6 Å². The van der Waals surface area contributed by atoms with Gasteiger partial charge >= 0.3 is 6.55 Å². The van der Waals surface area contributed by atoms with Crippen LogP contribution in [0.25, 0.3) is 22.1 Å². The predicted molar refractivity (Wildman–Crippen MR) is 156 cm³/mol. The maximum Gasteiger partial charge on any atom is 0.320 e. The van der Waals surface area contributed by atoms with Crippen LogP contribution in [-0.2, 0) is 4.79 Å². The standard InChI is InChI=1S/C30H27F3N8O2/c1-4-26(42)40-12-11-39(14-17(40)2)25-10-7-21-28(38-25)29(35-15-34-21)37-20-6-9-24(18(3)27(20)31)43-19-5-8-23-22(13-19)36-16-41(23)30(32)33/h4-10,13,15-17,30H,1,11-12,14H2,2-3H3,(H,34,35,37)/t17-/m1/s1. The first kappa shape index (κ1) is 27.9. The van der Waals surface area contributed by atoms with Gasteiger partial charge < -0.3 is 19.9 Å². The Balaban J connectivity index is 1.24. The summed E-state index contributed by atoms with van der Waals surface area (Å²) in [4.78, 5) is 33.4. The van der Waals surface area contributed by atoms with Gasteiger partial charge in [-0.1, -0.05) is 6.58 Å². The number of benzene rings is 2. The summed E-state index contributed by atoms with van der Waals surface area (Å²) in [5, 5.41) is 3.04. The van der Waals surface area contributed by atoms with Crippen molar-refractivity contribution in [3.05, 3.63) is 79.2 Å². The number of aromatic nitrogens is 5. The van der Waals surface area contributed by atoms with E-state index in [-0.39, 0.29) is 34.5 Å². The molecule has 13 heteroatoms. The van der Waals surface area contributed by atoms with Crippen molar-refractivity contribution in [3.63, 3.8) is 0 Å². The second kappa shape index (κ2) is 11.2. The van der Waals surface area contributed by atoms with Gasteiger partial charge in [0.2, 0.25) is 5.91 Å². The minimum atomic E-state index is -2.71. The maximum absolute atomic E-state index is 15.6. The van der Waals surface area contributed by atoms with E-state index in [1.165, 1.54) is 36.7 Å². The lowest BCUT2D eigenvalue weighted by Gasteiger charge is -2.40. The smallest absolute Gasteiger partial charge is 0.320 e. The molecule has 1 atom stereocenters. The van der Waals surface area contributed by atoms with Crippen LogP contribution in [0.4, 0.5) is 30.5 Å². The molecule has 220 valence electrons. The van der Waals surface area contributed by atoms with Gasteiger partial charge in [-0.05, 0) is 56.3 Å². The number of rotatable bonds is 7. The van der Waals surface area contributed by atoms with Gasteiger partial charge in [-0.25, -0.2) is 24.3 Å². The minimum absolute atomic E-state index is 0.0314. The molecule has 0 saturated carbocycles. The van der Waals surface area contributed by atoms with Gasteiger partial charge in [0.25, 0.3) is 0 Å². The molecule has 0 aliphatic carbocycles. The first-order chi connectivity index (χ1) is 20.7. The predicted octanol–water partition coefficient (Wildman–Crippen LogP) is 5.98. The zero-order valence-corrected chi connectivity index (χ0v) is 23.3.